The Hall–Kier alpha value is -1.22. The third-order valence-corrected chi connectivity index (χ3v) is 8.45. The van der Waals surface area contributed by atoms with Gasteiger partial charge in [-0.15, -0.1) is 0 Å². The number of hydrogen-bond donors (Lipinski definition) is 1. The molecule has 1 aromatic rings. The fourth-order valence-corrected chi connectivity index (χ4v) is 6.26. The van der Waals surface area contributed by atoms with Gasteiger partial charge in [-0.25, -0.2) is 13.4 Å². The lowest BCUT2D eigenvalue weighted by Crippen LogP contribution is -2.43. The van der Waals surface area contributed by atoms with Crippen LogP contribution in [0.3, 0.4) is 0 Å². The van der Waals surface area contributed by atoms with Crippen molar-refractivity contribution in [2.24, 2.45) is 11.8 Å². The first kappa shape index (κ1) is 23.4. The molecule has 1 amide bonds. The number of nitrogens with zero attached hydrogens (tertiary/aromatic N) is 3. The minimum absolute atomic E-state index is 0.0172. The van der Waals surface area contributed by atoms with E-state index >= 15 is 0 Å². The van der Waals surface area contributed by atoms with Gasteiger partial charge >= 0.3 is 0 Å². The lowest BCUT2D eigenvalue weighted by molar-refractivity contribution is -0.126. The van der Waals surface area contributed by atoms with Crippen LogP contribution in [0, 0.1) is 11.8 Å². The summed E-state index contributed by atoms with van der Waals surface area (Å²) in [5.41, 5.74) is 0. The van der Waals surface area contributed by atoms with Gasteiger partial charge in [0.25, 0.3) is 0 Å². The summed E-state index contributed by atoms with van der Waals surface area (Å²) in [5.74, 6) is 0.698. The summed E-state index contributed by atoms with van der Waals surface area (Å²) >= 11 is 5.96. The minimum atomic E-state index is -3.68. The quantitative estimate of drug-likeness (QED) is 0.480. The smallest absolute Gasteiger partial charge is 0.246 e. The van der Waals surface area contributed by atoms with E-state index in [9.17, 15) is 13.2 Å². The van der Waals surface area contributed by atoms with Gasteiger partial charge in [0.1, 0.15) is 10.0 Å². The van der Waals surface area contributed by atoms with Gasteiger partial charge in [0, 0.05) is 38.3 Å². The molecule has 0 bridgehead atoms. The summed E-state index contributed by atoms with van der Waals surface area (Å²) in [6.45, 7) is 7.13. The molecule has 1 atom stereocenters. The second kappa shape index (κ2) is 10.9. The molecule has 30 heavy (non-hydrogen) atoms. The van der Waals surface area contributed by atoms with Gasteiger partial charge in [-0.2, -0.15) is 4.31 Å². The van der Waals surface area contributed by atoms with Crippen molar-refractivity contribution in [3.63, 3.8) is 0 Å². The maximum atomic E-state index is 12.8. The molecular formula is C21H33ClN4O3S. The van der Waals surface area contributed by atoms with Crippen molar-refractivity contribution in [3.05, 3.63) is 23.5 Å². The number of likely N-dealkylation sites (tertiary alicyclic amines) is 1. The standard InChI is InChI=1S/C21H33ClN4O3S/c1-17-6-5-13-25(16-17)12-3-2-10-24-21(27)18-8-14-26(15-9-18)30(28,29)19-7-4-11-23-20(19)22/h4,7,11,17-18H,2-3,5-6,8-10,12-16H2,1H3,(H,24,27). The zero-order valence-corrected chi connectivity index (χ0v) is 19.3. The third-order valence-electron chi connectivity index (χ3n) is 6.11. The molecule has 1 unspecified atom stereocenters. The number of rotatable bonds is 8. The number of sulfonamides is 1. The number of carbonyl (C=O) groups excluding carboxylic acids is 1. The fourth-order valence-electron chi connectivity index (χ4n) is 4.37. The molecule has 0 spiro atoms. The van der Waals surface area contributed by atoms with Gasteiger partial charge in [0.05, 0.1) is 0 Å². The summed E-state index contributed by atoms with van der Waals surface area (Å²) in [6.07, 6.45) is 7.20. The monoisotopic (exact) mass is 456 g/mol. The SMILES string of the molecule is CC1CCCN(CCCCNC(=O)C2CCN(S(=O)(=O)c3cccnc3Cl)CC2)C1. The van der Waals surface area contributed by atoms with Crippen LogP contribution in [0.1, 0.15) is 45.4 Å². The Labute approximate surface area is 185 Å². The molecule has 0 aliphatic carbocycles. The van der Waals surface area contributed by atoms with Crippen molar-refractivity contribution in [2.45, 2.75) is 50.3 Å². The Balaban J connectivity index is 1.36. The zero-order chi connectivity index (χ0) is 21.6. The number of unbranched alkanes of at least 4 members (excludes halogenated alkanes) is 1. The molecule has 0 saturated carbocycles. The average Bonchev–Trinajstić information content (AvgIpc) is 2.73. The first-order chi connectivity index (χ1) is 14.4. The van der Waals surface area contributed by atoms with Gasteiger partial charge in [0.15, 0.2) is 0 Å². The van der Waals surface area contributed by atoms with Crippen LogP contribution in [0.15, 0.2) is 23.2 Å². The van der Waals surface area contributed by atoms with Crippen molar-refractivity contribution in [2.75, 3.05) is 39.3 Å². The Kier molecular flexibility index (Phi) is 8.51. The number of amides is 1. The first-order valence-electron chi connectivity index (χ1n) is 11.0. The minimum Gasteiger partial charge on any atom is -0.356 e. The molecule has 3 heterocycles. The first-order valence-corrected chi connectivity index (χ1v) is 12.8. The van der Waals surface area contributed by atoms with Crippen LogP contribution in [0.4, 0.5) is 0 Å². The number of hydrogen-bond acceptors (Lipinski definition) is 5. The van der Waals surface area contributed by atoms with Gasteiger partial charge in [-0.3, -0.25) is 4.79 Å². The molecule has 2 saturated heterocycles. The molecule has 9 heteroatoms. The Bertz CT molecular complexity index is 812. The number of nitrogens with one attached hydrogen (secondary N) is 1. The second-order valence-electron chi connectivity index (χ2n) is 8.52. The molecule has 3 rings (SSSR count). The molecule has 2 aliphatic heterocycles. The normalized spacial score (nSPS) is 22.1. The van der Waals surface area contributed by atoms with Crippen LogP contribution in [-0.4, -0.2) is 67.8 Å². The highest BCUT2D eigenvalue weighted by atomic mass is 35.5. The summed E-state index contributed by atoms with van der Waals surface area (Å²) in [6, 6.07) is 3.03. The lowest BCUT2D eigenvalue weighted by Gasteiger charge is -2.31. The molecule has 2 fully saturated rings. The van der Waals surface area contributed by atoms with E-state index in [0.29, 0.717) is 32.5 Å². The van der Waals surface area contributed by atoms with E-state index in [0.717, 1.165) is 25.3 Å². The van der Waals surface area contributed by atoms with Crippen LogP contribution >= 0.6 is 11.6 Å². The molecule has 1 aromatic heterocycles. The van der Waals surface area contributed by atoms with Crippen LogP contribution in [0.5, 0.6) is 0 Å². The highest BCUT2D eigenvalue weighted by Crippen LogP contribution is 2.27. The predicted molar refractivity (Wildman–Crippen MR) is 118 cm³/mol. The predicted octanol–water partition coefficient (Wildman–Crippen LogP) is 2.76. The van der Waals surface area contributed by atoms with E-state index in [2.05, 4.69) is 22.1 Å². The van der Waals surface area contributed by atoms with Gasteiger partial charge in [-0.05, 0) is 69.7 Å². The van der Waals surface area contributed by atoms with E-state index in [-0.39, 0.29) is 21.9 Å². The van der Waals surface area contributed by atoms with E-state index in [1.165, 1.54) is 42.5 Å². The van der Waals surface area contributed by atoms with Gasteiger partial charge < -0.3 is 10.2 Å². The number of pyridine rings is 1. The van der Waals surface area contributed by atoms with E-state index < -0.39 is 10.0 Å². The summed E-state index contributed by atoms with van der Waals surface area (Å²) in [7, 11) is -3.68. The van der Waals surface area contributed by atoms with Crippen LogP contribution in [0.2, 0.25) is 5.15 Å². The number of halogens is 1. The second-order valence-corrected chi connectivity index (χ2v) is 10.8. The molecule has 0 radical (unpaired) electrons. The Morgan fingerprint density at radius 3 is 2.70 bits per heavy atom. The molecule has 7 nitrogen and oxygen atoms in total. The Morgan fingerprint density at radius 2 is 2.00 bits per heavy atom. The van der Waals surface area contributed by atoms with Crippen molar-refractivity contribution in [1.29, 1.82) is 0 Å². The van der Waals surface area contributed by atoms with Crippen LogP contribution in [0.25, 0.3) is 0 Å². The van der Waals surface area contributed by atoms with Crippen LogP contribution in [-0.2, 0) is 14.8 Å². The maximum absolute atomic E-state index is 12.8. The number of piperidine rings is 2. The zero-order valence-electron chi connectivity index (χ0n) is 17.7. The van der Waals surface area contributed by atoms with E-state index in [1.807, 2.05) is 0 Å². The highest BCUT2D eigenvalue weighted by Gasteiger charge is 2.33. The van der Waals surface area contributed by atoms with Crippen molar-refractivity contribution in [1.82, 2.24) is 19.5 Å². The topological polar surface area (TPSA) is 82.6 Å². The third kappa shape index (κ3) is 6.15. The molecule has 0 aromatic carbocycles. The van der Waals surface area contributed by atoms with Gasteiger partial charge in [0.2, 0.25) is 15.9 Å². The summed E-state index contributed by atoms with van der Waals surface area (Å²) in [5, 5.41) is 3.02. The maximum Gasteiger partial charge on any atom is 0.246 e. The molecule has 2 aliphatic rings. The summed E-state index contributed by atoms with van der Waals surface area (Å²) in [4.78, 5) is 18.9. The average molecular weight is 457 g/mol. The number of carbonyl (C=O) groups is 1. The van der Waals surface area contributed by atoms with Crippen molar-refractivity contribution < 1.29 is 13.2 Å². The molecule has 168 valence electrons. The summed E-state index contributed by atoms with van der Waals surface area (Å²) < 4.78 is 27.0. The molecular weight excluding hydrogens is 424 g/mol. The van der Waals surface area contributed by atoms with Crippen LogP contribution < -0.4 is 5.32 Å². The van der Waals surface area contributed by atoms with Crippen molar-refractivity contribution >= 4 is 27.5 Å². The number of aromatic nitrogens is 1. The fraction of sp³-hybridized carbons (Fsp3) is 0.714. The Morgan fingerprint density at radius 1 is 1.23 bits per heavy atom. The van der Waals surface area contributed by atoms with E-state index in [1.54, 1.807) is 6.07 Å². The van der Waals surface area contributed by atoms with Crippen molar-refractivity contribution in [3.8, 4) is 0 Å². The highest BCUT2D eigenvalue weighted by molar-refractivity contribution is 7.89. The molecule has 1 N–H and O–H groups in total. The van der Waals surface area contributed by atoms with Gasteiger partial charge in [-0.1, -0.05) is 18.5 Å². The lowest BCUT2D eigenvalue weighted by atomic mass is 9.97. The largest absolute Gasteiger partial charge is 0.356 e. The van der Waals surface area contributed by atoms with E-state index in [4.69, 9.17) is 11.6 Å².